The van der Waals surface area contributed by atoms with Gasteiger partial charge in [-0.3, -0.25) is 4.79 Å². The lowest BCUT2D eigenvalue weighted by molar-refractivity contribution is 0.100. The van der Waals surface area contributed by atoms with Gasteiger partial charge in [0.1, 0.15) is 0 Å². The minimum Gasteiger partial charge on any atom is -0.314 e. The maximum absolute atomic E-state index is 12.6. The van der Waals surface area contributed by atoms with Crippen molar-refractivity contribution in [3.05, 3.63) is 64.1 Å². The van der Waals surface area contributed by atoms with Crippen LogP contribution in [-0.4, -0.2) is 42.3 Å². The molecule has 4 rings (SSSR count). The van der Waals surface area contributed by atoms with Crippen LogP contribution in [0.3, 0.4) is 0 Å². The van der Waals surface area contributed by atoms with Crippen molar-refractivity contribution in [2.45, 2.75) is 11.3 Å². The van der Waals surface area contributed by atoms with Crippen LogP contribution in [0, 0.1) is 0 Å². The van der Waals surface area contributed by atoms with E-state index in [1.165, 1.54) is 11.8 Å². The first-order valence-corrected chi connectivity index (χ1v) is 11.6. The van der Waals surface area contributed by atoms with Gasteiger partial charge in [-0.05, 0) is 30.3 Å². The monoisotopic (exact) mass is 440 g/mol. The lowest BCUT2D eigenvalue weighted by atomic mass is 10.2. The van der Waals surface area contributed by atoms with Crippen molar-refractivity contribution in [1.82, 2.24) is 0 Å². The number of rotatable bonds is 2. The zero-order valence-corrected chi connectivity index (χ0v) is 17.0. The average Bonchev–Trinajstić information content (AvgIpc) is 3.07. The van der Waals surface area contributed by atoms with Gasteiger partial charge in [0.2, 0.25) is 0 Å². The van der Waals surface area contributed by atoms with Gasteiger partial charge in [0.15, 0.2) is 15.0 Å². The van der Waals surface area contributed by atoms with Gasteiger partial charge in [-0.1, -0.05) is 53.2 Å². The molecule has 0 saturated carbocycles. The standard InChI is InChI=1S/C18H14Cl2N2O3S2/c19-12-6-7-14(13(20)8-12)22-15-9-27(24,25)10-16(15)26-18(22)21-17(23)11-4-2-1-3-5-11/h1-8,15-16H,9-10H2/t15-,16+/m0/s1. The van der Waals surface area contributed by atoms with Crippen molar-refractivity contribution in [2.24, 2.45) is 4.99 Å². The summed E-state index contributed by atoms with van der Waals surface area (Å²) in [5.41, 5.74) is 1.07. The van der Waals surface area contributed by atoms with Crippen LogP contribution in [0.15, 0.2) is 53.5 Å². The lowest BCUT2D eigenvalue weighted by Gasteiger charge is -2.25. The third kappa shape index (κ3) is 3.74. The number of fused-ring (bicyclic) bond motifs is 1. The van der Waals surface area contributed by atoms with Gasteiger partial charge in [0.25, 0.3) is 5.91 Å². The van der Waals surface area contributed by atoms with Crippen LogP contribution < -0.4 is 4.90 Å². The molecule has 27 heavy (non-hydrogen) atoms. The van der Waals surface area contributed by atoms with Crippen LogP contribution in [-0.2, 0) is 9.84 Å². The van der Waals surface area contributed by atoms with Crippen molar-refractivity contribution in [3.63, 3.8) is 0 Å². The van der Waals surface area contributed by atoms with E-state index >= 15 is 0 Å². The predicted molar refractivity (Wildman–Crippen MR) is 111 cm³/mol. The highest BCUT2D eigenvalue weighted by Gasteiger charge is 2.49. The summed E-state index contributed by atoms with van der Waals surface area (Å²) in [5, 5.41) is 1.12. The molecule has 0 radical (unpaired) electrons. The molecule has 2 heterocycles. The smallest absolute Gasteiger partial charge is 0.279 e. The van der Waals surface area contributed by atoms with Crippen LogP contribution in [0.1, 0.15) is 10.4 Å². The number of thioether (sulfide) groups is 1. The molecular weight excluding hydrogens is 427 g/mol. The Morgan fingerprint density at radius 3 is 2.56 bits per heavy atom. The summed E-state index contributed by atoms with van der Waals surface area (Å²) < 4.78 is 24.2. The SMILES string of the molecule is O=C(N=C1S[C@@H]2CS(=O)(=O)C[C@@H]2N1c1ccc(Cl)cc1Cl)c1ccccc1. The first-order chi connectivity index (χ1) is 12.8. The number of sulfone groups is 1. The van der Waals surface area contributed by atoms with E-state index in [-0.39, 0.29) is 28.7 Å². The number of amidine groups is 1. The van der Waals surface area contributed by atoms with Gasteiger partial charge >= 0.3 is 0 Å². The number of amides is 1. The normalized spacial score (nSPS) is 25.0. The summed E-state index contributed by atoms with van der Waals surface area (Å²) in [6, 6.07) is 13.4. The highest BCUT2D eigenvalue weighted by Crippen LogP contribution is 2.43. The second-order valence-electron chi connectivity index (χ2n) is 6.33. The molecule has 0 spiro atoms. The van der Waals surface area contributed by atoms with E-state index in [4.69, 9.17) is 23.2 Å². The van der Waals surface area contributed by atoms with Crippen LogP contribution in [0.5, 0.6) is 0 Å². The van der Waals surface area contributed by atoms with Crippen molar-refractivity contribution in [2.75, 3.05) is 16.4 Å². The molecule has 2 aliphatic heterocycles. The fourth-order valence-electron chi connectivity index (χ4n) is 3.25. The summed E-state index contributed by atoms with van der Waals surface area (Å²) in [6.45, 7) is 0. The van der Waals surface area contributed by atoms with Crippen molar-refractivity contribution < 1.29 is 13.2 Å². The number of anilines is 1. The molecule has 0 aromatic heterocycles. The highest BCUT2D eigenvalue weighted by molar-refractivity contribution is 8.16. The molecule has 2 aliphatic rings. The lowest BCUT2D eigenvalue weighted by Crippen LogP contribution is -2.37. The van der Waals surface area contributed by atoms with Gasteiger partial charge in [-0.25, -0.2) is 8.42 Å². The fraction of sp³-hybridized carbons (Fsp3) is 0.222. The van der Waals surface area contributed by atoms with E-state index in [1.807, 2.05) is 6.07 Å². The Morgan fingerprint density at radius 1 is 1.11 bits per heavy atom. The predicted octanol–water partition coefficient (Wildman–Crippen LogP) is 3.91. The van der Waals surface area contributed by atoms with E-state index in [2.05, 4.69) is 4.99 Å². The van der Waals surface area contributed by atoms with E-state index in [9.17, 15) is 13.2 Å². The summed E-state index contributed by atoms with van der Waals surface area (Å²) >= 11 is 13.7. The highest BCUT2D eigenvalue weighted by atomic mass is 35.5. The molecule has 2 fully saturated rings. The molecule has 0 aliphatic carbocycles. The number of carbonyl (C=O) groups is 1. The number of benzene rings is 2. The van der Waals surface area contributed by atoms with E-state index in [1.54, 1.807) is 47.4 Å². The maximum atomic E-state index is 12.6. The zero-order valence-electron chi connectivity index (χ0n) is 13.9. The van der Waals surface area contributed by atoms with Crippen LogP contribution in [0.4, 0.5) is 5.69 Å². The number of halogens is 2. The molecule has 0 N–H and O–H groups in total. The molecule has 0 unspecified atom stereocenters. The summed E-state index contributed by atoms with van der Waals surface area (Å²) in [4.78, 5) is 18.6. The van der Waals surface area contributed by atoms with Gasteiger partial charge in [0, 0.05) is 15.8 Å². The minimum absolute atomic E-state index is 0.00215. The largest absolute Gasteiger partial charge is 0.314 e. The topological polar surface area (TPSA) is 66.8 Å². The first-order valence-electron chi connectivity index (χ1n) is 8.13. The summed E-state index contributed by atoms with van der Waals surface area (Å²) in [6.07, 6.45) is 0. The number of hydrogen-bond donors (Lipinski definition) is 0. The maximum Gasteiger partial charge on any atom is 0.279 e. The Hall–Kier alpha value is -1.54. The molecule has 9 heteroatoms. The first kappa shape index (κ1) is 18.8. The average molecular weight is 441 g/mol. The molecule has 1 amide bonds. The fourth-order valence-corrected chi connectivity index (χ4v) is 7.66. The summed E-state index contributed by atoms with van der Waals surface area (Å²) in [5.74, 6) is -0.318. The van der Waals surface area contributed by atoms with Crippen LogP contribution in [0.2, 0.25) is 10.0 Å². The molecule has 2 aromatic carbocycles. The quantitative estimate of drug-likeness (QED) is 0.707. The molecule has 5 nitrogen and oxygen atoms in total. The van der Waals surface area contributed by atoms with E-state index in [0.29, 0.717) is 26.5 Å². The molecular formula is C18H14Cl2N2O3S2. The molecule has 140 valence electrons. The Bertz CT molecular complexity index is 1040. The van der Waals surface area contributed by atoms with E-state index in [0.717, 1.165) is 0 Å². The number of carbonyl (C=O) groups excluding carboxylic acids is 1. The number of nitrogens with zero attached hydrogens (tertiary/aromatic N) is 2. The zero-order chi connectivity index (χ0) is 19.2. The molecule has 2 atom stereocenters. The van der Waals surface area contributed by atoms with Gasteiger partial charge in [0.05, 0.1) is 28.3 Å². The second-order valence-corrected chi connectivity index (χ2v) is 10.5. The Morgan fingerprint density at radius 2 is 1.85 bits per heavy atom. The third-order valence-corrected chi connectivity index (χ3v) is 8.20. The Kier molecular flexibility index (Phi) is 4.96. The summed E-state index contributed by atoms with van der Waals surface area (Å²) in [7, 11) is -3.14. The van der Waals surface area contributed by atoms with Gasteiger partial charge in [-0.2, -0.15) is 4.99 Å². The van der Waals surface area contributed by atoms with Crippen LogP contribution >= 0.6 is 35.0 Å². The Balaban J connectivity index is 1.76. The molecule has 2 aromatic rings. The third-order valence-electron chi connectivity index (χ3n) is 4.45. The Labute approximate surface area is 171 Å². The van der Waals surface area contributed by atoms with E-state index < -0.39 is 9.84 Å². The van der Waals surface area contributed by atoms with Crippen molar-refractivity contribution in [1.29, 1.82) is 0 Å². The number of hydrogen-bond acceptors (Lipinski definition) is 4. The van der Waals surface area contributed by atoms with Gasteiger partial charge in [-0.15, -0.1) is 0 Å². The molecule has 0 bridgehead atoms. The van der Waals surface area contributed by atoms with Crippen LogP contribution in [0.25, 0.3) is 0 Å². The second kappa shape index (κ2) is 7.13. The van der Waals surface area contributed by atoms with Crippen molar-refractivity contribution in [3.8, 4) is 0 Å². The minimum atomic E-state index is -3.14. The number of aliphatic imine (C=N–C) groups is 1. The van der Waals surface area contributed by atoms with Gasteiger partial charge < -0.3 is 4.90 Å². The van der Waals surface area contributed by atoms with Crippen molar-refractivity contribution >= 4 is 61.6 Å². The molecule has 2 saturated heterocycles.